The van der Waals surface area contributed by atoms with Crippen LogP contribution in [-0.4, -0.2) is 23.2 Å². The van der Waals surface area contributed by atoms with E-state index in [9.17, 15) is 0 Å². The van der Waals surface area contributed by atoms with Gasteiger partial charge in [-0.1, -0.05) is 83.1 Å². The molecule has 0 bridgehead atoms. The average molecular weight is 777 g/mol. The largest absolute Gasteiger partial charge is 2.00 e. The molecule has 5 nitrogen and oxygen atoms in total. The molecule has 7 rings (SSSR count). The van der Waals surface area contributed by atoms with E-state index in [2.05, 4.69) is 94.6 Å². The normalized spacial score (nSPS) is 14.6. The zero-order valence-corrected chi connectivity index (χ0v) is 28.7. The molecule has 0 amide bonds. The van der Waals surface area contributed by atoms with E-state index in [4.69, 9.17) is 13.8 Å². The molecule has 1 aliphatic rings. The Bertz CT molecular complexity index is 2140. The molecular formula is C39H38N4OPt. The van der Waals surface area contributed by atoms with Gasteiger partial charge in [-0.15, -0.1) is 41.3 Å². The first-order valence-electron chi connectivity index (χ1n) is 16.5. The maximum absolute atomic E-state index is 8.16. The summed E-state index contributed by atoms with van der Waals surface area (Å²) in [6, 6.07) is 35.3. The second kappa shape index (κ2) is 11.4. The summed E-state index contributed by atoms with van der Waals surface area (Å²) in [6.45, 7) is 11.0. The maximum Gasteiger partial charge on any atom is 2.00 e. The Morgan fingerprint density at radius 2 is 1.49 bits per heavy atom. The van der Waals surface area contributed by atoms with E-state index in [1.54, 1.807) is 0 Å². The number of anilines is 3. The fourth-order valence-electron chi connectivity index (χ4n) is 5.88. The first-order chi connectivity index (χ1) is 22.2. The van der Waals surface area contributed by atoms with Crippen molar-refractivity contribution in [1.29, 1.82) is 0 Å². The van der Waals surface area contributed by atoms with Crippen molar-refractivity contribution in [3.63, 3.8) is 0 Å². The van der Waals surface area contributed by atoms with Crippen LogP contribution < -0.4 is 14.5 Å². The Hall–Kier alpha value is -4.08. The van der Waals surface area contributed by atoms with Gasteiger partial charge < -0.3 is 19.1 Å². The van der Waals surface area contributed by atoms with Crippen LogP contribution in [0.1, 0.15) is 56.8 Å². The Morgan fingerprint density at radius 3 is 2.24 bits per heavy atom. The molecule has 0 N–H and O–H groups in total. The van der Waals surface area contributed by atoms with Crippen LogP contribution in [0.2, 0.25) is 0 Å². The van der Waals surface area contributed by atoms with E-state index in [1.165, 1.54) is 10.5 Å². The van der Waals surface area contributed by atoms with Crippen molar-refractivity contribution in [3.05, 3.63) is 114 Å². The molecule has 0 fully saturated rings. The Balaban J connectivity index is 0.00000401. The Kier molecular flexibility index (Phi) is 6.89. The molecule has 4 aromatic carbocycles. The molecule has 1 aliphatic heterocycles. The van der Waals surface area contributed by atoms with Crippen molar-refractivity contribution in [2.45, 2.75) is 52.4 Å². The van der Waals surface area contributed by atoms with Crippen LogP contribution in [-0.2, 0) is 31.9 Å². The van der Waals surface area contributed by atoms with Gasteiger partial charge in [-0.05, 0) is 52.1 Å². The average Bonchev–Trinajstić information content (AvgIpc) is 3.57. The summed E-state index contributed by atoms with van der Waals surface area (Å²) in [5.41, 5.74) is 6.16. The van der Waals surface area contributed by atoms with Gasteiger partial charge in [-0.2, -0.15) is 6.07 Å². The third-order valence-electron chi connectivity index (χ3n) is 8.35. The minimum atomic E-state index is -2.28. The summed E-state index contributed by atoms with van der Waals surface area (Å²) in [6.07, 6.45) is 1.87. The molecule has 0 radical (unpaired) electrons. The van der Waals surface area contributed by atoms with Crippen LogP contribution >= 0.6 is 0 Å². The number of hydrogen-bond acceptors (Lipinski definition) is 4. The molecule has 230 valence electrons. The predicted molar refractivity (Wildman–Crippen MR) is 182 cm³/mol. The van der Waals surface area contributed by atoms with Gasteiger partial charge in [0.15, 0.2) is 0 Å². The van der Waals surface area contributed by atoms with Gasteiger partial charge in [-0.25, -0.2) is 4.98 Å². The molecule has 0 unspecified atom stereocenters. The molecule has 3 heterocycles. The van der Waals surface area contributed by atoms with Crippen molar-refractivity contribution in [2.75, 3.05) is 23.4 Å². The Labute approximate surface area is 284 Å². The van der Waals surface area contributed by atoms with Crippen LogP contribution in [0.3, 0.4) is 0 Å². The molecule has 0 aliphatic carbocycles. The summed E-state index contributed by atoms with van der Waals surface area (Å²) >= 11 is 0. The van der Waals surface area contributed by atoms with Crippen molar-refractivity contribution in [2.24, 2.45) is 0 Å². The zero-order chi connectivity index (χ0) is 33.3. The van der Waals surface area contributed by atoms with Crippen molar-refractivity contribution in [3.8, 4) is 17.3 Å². The first kappa shape index (κ1) is 27.2. The van der Waals surface area contributed by atoms with Gasteiger partial charge >= 0.3 is 21.1 Å². The fourth-order valence-corrected chi connectivity index (χ4v) is 5.88. The quantitative estimate of drug-likeness (QED) is 0.167. The topological polar surface area (TPSA) is 33.5 Å². The third kappa shape index (κ3) is 5.64. The number of fused-ring (bicyclic) bond motifs is 4. The number of ether oxygens (including phenoxy) is 1. The van der Waals surface area contributed by atoms with E-state index < -0.39 is 6.98 Å². The number of benzene rings is 4. The summed E-state index contributed by atoms with van der Waals surface area (Å²) < 4.78 is 33.2. The Morgan fingerprint density at radius 1 is 0.756 bits per heavy atom. The number of nitrogens with zero attached hydrogens (tertiary/aromatic N) is 4. The molecule has 6 heteroatoms. The molecular weight excluding hydrogens is 736 g/mol. The van der Waals surface area contributed by atoms with Gasteiger partial charge in [0.25, 0.3) is 0 Å². The zero-order valence-electron chi connectivity index (χ0n) is 29.4. The SMILES string of the molecule is [2H]C([2H])([2H])N1CN(c2[c-]c(Oc3[c-]c4c(cc3)c3ccccc3n4-c3cc(C(C)(C)C)ccn3)cc(C(C)(C)C)c2)c2ccccc21.[Pt+2]. The second-order valence-corrected chi connectivity index (χ2v) is 13.5. The molecule has 0 spiro atoms. The number of para-hydroxylation sites is 3. The van der Waals surface area contributed by atoms with Crippen LogP contribution in [0, 0.1) is 12.1 Å². The minimum Gasteiger partial charge on any atom is -0.509 e. The number of rotatable bonds is 4. The van der Waals surface area contributed by atoms with Gasteiger partial charge in [0.2, 0.25) is 0 Å². The summed E-state index contributed by atoms with van der Waals surface area (Å²) in [7, 11) is 0. The van der Waals surface area contributed by atoms with Gasteiger partial charge in [0, 0.05) is 34.3 Å². The van der Waals surface area contributed by atoms with Gasteiger partial charge in [0.05, 0.1) is 18.0 Å². The monoisotopic (exact) mass is 776 g/mol. The van der Waals surface area contributed by atoms with Crippen LogP contribution in [0.25, 0.3) is 27.6 Å². The maximum atomic E-state index is 8.16. The van der Waals surface area contributed by atoms with Crippen molar-refractivity contribution in [1.82, 2.24) is 9.55 Å². The molecule has 0 saturated carbocycles. The summed E-state index contributed by atoms with van der Waals surface area (Å²) in [4.78, 5) is 8.23. The van der Waals surface area contributed by atoms with Crippen molar-refractivity contribution >= 4 is 38.9 Å². The van der Waals surface area contributed by atoms with E-state index in [0.29, 0.717) is 17.2 Å². The van der Waals surface area contributed by atoms with Gasteiger partial charge in [0.1, 0.15) is 5.82 Å². The smallest absolute Gasteiger partial charge is 0.509 e. The van der Waals surface area contributed by atoms with E-state index in [-0.39, 0.29) is 38.6 Å². The van der Waals surface area contributed by atoms with Crippen molar-refractivity contribution < 1.29 is 29.9 Å². The molecule has 0 atom stereocenters. The number of pyridine rings is 1. The van der Waals surface area contributed by atoms with Crippen LogP contribution in [0.15, 0.2) is 91.1 Å². The fraction of sp³-hybridized carbons (Fsp3) is 0.256. The minimum absolute atomic E-state index is 0. The number of hydrogen-bond donors (Lipinski definition) is 0. The van der Waals surface area contributed by atoms with Gasteiger partial charge in [-0.3, -0.25) is 0 Å². The molecule has 6 aromatic rings. The molecule has 0 saturated heterocycles. The van der Waals surface area contributed by atoms with Crippen LogP contribution in [0.4, 0.5) is 17.1 Å². The third-order valence-corrected chi connectivity index (χ3v) is 8.35. The second-order valence-electron chi connectivity index (χ2n) is 13.5. The number of aromatic nitrogens is 2. The van der Waals surface area contributed by atoms with E-state index in [0.717, 1.165) is 44.6 Å². The first-order valence-corrected chi connectivity index (χ1v) is 15.0. The summed E-state index contributed by atoms with van der Waals surface area (Å²) in [5.74, 6) is 1.91. The van der Waals surface area contributed by atoms with E-state index in [1.807, 2.05) is 59.6 Å². The molecule has 2 aromatic heterocycles. The predicted octanol–water partition coefficient (Wildman–Crippen LogP) is 9.71. The standard InChI is InChI=1S/C39H38N4O.Pt/c1-38(2,3)26-18-19-40-37(22-26)43-33-13-9-8-12-31(33)32-17-16-29(24-36(32)43)44-30-21-27(39(4,5)6)20-28(23-30)42-25-41(7)34-14-10-11-15-35(34)42;/h8-22H,25H2,1-7H3;/q-2;+2/i7D3;. The van der Waals surface area contributed by atoms with Crippen LogP contribution in [0.5, 0.6) is 11.5 Å². The van der Waals surface area contributed by atoms with E-state index >= 15 is 0 Å². The summed E-state index contributed by atoms with van der Waals surface area (Å²) in [5, 5.41) is 2.17. The molecule has 45 heavy (non-hydrogen) atoms.